The number of fused-ring (bicyclic) bond motifs is 1. The molecule has 2 aromatic carbocycles. The SMILES string of the molecule is CCOC(=O)c1c(-c2ccc(Cl)cc2)csc1NC(=O)Cn1cnc2sc(C)c(-c3ccc(C)c(C)c3)c2c1=O. The molecule has 5 rings (SSSR count). The summed E-state index contributed by atoms with van der Waals surface area (Å²) in [7, 11) is 0. The minimum absolute atomic E-state index is 0.187. The number of benzene rings is 2. The number of carbonyl (C=O) groups is 2. The highest BCUT2D eigenvalue weighted by atomic mass is 35.5. The van der Waals surface area contributed by atoms with Crippen molar-refractivity contribution in [2.45, 2.75) is 34.2 Å². The Kier molecular flexibility index (Phi) is 7.89. The van der Waals surface area contributed by atoms with Crippen molar-refractivity contribution in [2.75, 3.05) is 11.9 Å². The summed E-state index contributed by atoms with van der Waals surface area (Å²) >= 11 is 8.70. The molecule has 0 saturated carbocycles. The van der Waals surface area contributed by atoms with Crippen LogP contribution in [0.5, 0.6) is 0 Å². The number of rotatable bonds is 7. The molecule has 0 fully saturated rings. The Labute approximate surface area is 244 Å². The smallest absolute Gasteiger partial charge is 0.341 e. The molecule has 1 N–H and O–H groups in total. The van der Waals surface area contributed by atoms with E-state index in [1.54, 1.807) is 36.6 Å². The summed E-state index contributed by atoms with van der Waals surface area (Å²) in [4.78, 5) is 45.8. The highest BCUT2D eigenvalue weighted by Gasteiger charge is 2.24. The number of aromatic nitrogens is 2. The largest absolute Gasteiger partial charge is 0.462 e. The van der Waals surface area contributed by atoms with Crippen LogP contribution in [0.3, 0.4) is 0 Å². The number of ether oxygens (including phenoxy) is 1. The Balaban J connectivity index is 1.48. The van der Waals surface area contributed by atoms with E-state index >= 15 is 0 Å². The summed E-state index contributed by atoms with van der Waals surface area (Å²) < 4.78 is 6.58. The van der Waals surface area contributed by atoms with Crippen LogP contribution in [0.1, 0.15) is 33.3 Å². The third kappa shape index (κ3) is 5.32. The van der Waals surface area contributed by atoms with Crippen molar-refractivity contribution in [3.8, 4) is 22.3 Å². The van der Waals surface area contributed by atoms with Crippen LogP contribution in [0.4, 0.5) is 5.00 Å². The van der Waals surface area contributed by atoms with Gasteiger partial charge in [0.2, 0.25) is 5.91 Å². The Bertz CT molecular complexity index is 1820. The van der Waals surface area contributed by atoms with Crippen molar-refractivity contribution in [2.24, 2.45) is 0 Å². The minimum atomic E-state index is -0.545. The molecule has 0 aliphatic heterocycles. The van der Waals surface area contributed by atoms with Gasteiger partial charge in [-0.25, -0.2) is 9.78 Å². The zero-order valence-electron chi connectivity index (χ0n) is 22.3. The van der Waals surface area contributed by atoms with E-state index in [0.717, 1.165) is 27.1 Å². The monoisotopic (exact) mass is 591 g/mol. The molecule has 3 aromatic heterocycles. The third-order valence-corrected chi connectivity index (χ3v) is 8.80. The Morgan fingerprint density at radius 1 is 1.05 bits per heavy atom. The molecule has 0 aliphatic rings. The van der Waals surface area contributed by atoms with Crippen LogP contribution in [-0.2, 0) is 16.1 Å². The topological polar surface area (TPSA) is 90.3 Å². The fourth-order valence-electron chi connectivity index (χ4n) is 4.51. The average molecular weight is 592 g/mol. The molecule has 3 heterocycles. The standard InChI is InChI=1S/C30H26ClN3O4S2/c1-5-38-30(37)25-22(19-8-10-21(31)11-9-19)14-39-28(25)33-23(35)13-34-15-32-27-26(29(34)36)24(18(4)40-27)20-7-6-16(2)17(3)12-20/h6-12,14-15H,5,13H2,1-4H3,(H,33,35). The number of amides is 1. The van der Waals surface area contributed by atoms with E-state index in [4.69, 9.17) is 16.3 Å². The number of nitrogens with zero attached hydrogens (tertiary/aromatic N) is 2. The lowest BCUT2D eigenvalue weighted by molar-refractivity contribution is -0.116. The maximum atomic E-state index is 13.6. The predicted octanol–water partition coefficient (Wildman–Crippen LogP) is 7.25. The Morgan fingerprint density at radius 3 is 2.48 bits per heavy atom. The van der Waals surface area contributed by atoms with Crippen LogP contribution in [0.25, 0.3) is 32.5 Å². The van der Waals surface area contributed by atoms with Crippen LogP contribution in [0.2, 0.25) is 5.02 Å². The summed E-state index contributed by atoms with van der Waals surface area (Å²) in [6.07, 6.45) is 1.39. The minimum Gasteiger partial charge on any atom is -0.462 e. The van der Waals surface area contributed by atoms with Gasteiger partial charge in [-0.1, -0.05) is 41.9 Å². The molecular weight excluding hydrogens is 566 g/mol. The third-order valence-electron chi connectivity index (χ3n) is 6.64. The molecule has 0 saturated heterocycles. The lowest BCUT2D eigenvalue weighted by atomic mass is 9.99. The molecule has 0 unspecified atom stereocenters. The Morgan fingerprint density at radius 2 is 1.77 bits per heavy atom. The number of hydrogen-bond donors (Lipinski definition) is 1. The molecule has 10 heteroatoms. The number of nitrogens with one attached hydrogen (secondary N) is 1. The van der Waals surface area contributed by atoms with E-state index in [1.807, 2.05) is 32.9 Å². The van der Waals surface area contributed by atoms with Crippen LogP contribution >= 0.6 is 34.3 Å². The van der Waals surface area contributed by atoms with Crippen LogP contribution in [-0.4, -0.2) is 28.0 Å². The average Bonchev–Trinajstić information content (AvgIpc) is 3.49. The summed E-state index contributed by atoms with van der Waals surface area (Å²) in [6, 6.07) is 13.2. The Hall–Kier alpha value is -3.79. The lowest BCUT2D eigenvalue weighted by Gasteiger charge is -2.10. The van der Waals surface area contributed by atoms with Crippen LogP contribution in [0, 0.1) is 20.8 Å². The van der Waals surface area contributed by atoms with Gasteiger partial charge in [0, 0.05) is 26.4 Å². The van der Waals surface area contributed by atoms with Gasteiger partial charge in [0.1, 0.15) is 21.9 Å². The highest BCUT2D eigenvalue weighted by molar-refractivity contribution is 7.19. The fraction of sp³-hybridized carbons (Fsp3) is 0.200. The van der Waals surface area contributed by atoms with E-state index in [-0.39, 0.29) is 24.3 Å². The van der Waals surface area contributed by atoms with Gasteiger partial charge in [-0.05, 0) is 62.1 Å². The molecule has 0 bridgehead atoms. The molecule has 204 valence electrons. The van der Waals surface area contributed by atoms with E-state index < -0.39 is 11.9 Å². The molecule has 0 radical (unpaired) electrons. The van der Waals surface area contributed by atoms with E-state index in [1.165, 1.54) is 39.1 Å². The quantitative estimate of drug-likeness (QED) is 0.201. The first kappa shape index (κ1) is 27.8. The number of hydrogen-bond acceptors (Lipinski definition) is 7. The fourth-order valence-corrected chi connectivity index (χ4v) is 6.62. The van der Waals surface area contributed by atoms with Gasteiger partial charge in [-0.2, -0.15) is 0 Å². The molecule has 0 atom stereocenters. The van der Waals surface area contributed by atoms with Crippen molar-refractivity contribution >= 4 is 61.4 Å². The highest BCUT2D eigenvalue weighted by Crippen LogP contribution is 2.38. The predicted molar refractivity (Wildman–Crippen MR) is 163 cm³/mol. The van der Waals surface area contributed by atoms with Crippen molar-refractivity contribution < 1.29 is 14.3 Å². The maximum Gasteiger partial charge on any atom is 0.341 e. The summed E-state index contributed by atoms with van der Waals surface area (Å²) in [5.74, 6) is -1.01. The second-order valence-corrected chi connectivity index (χ2v) is 11.8. The van der Waals surface area contributed by atoms with Gasteiger partial charge in [-0.15, -0.1) is 22.7 Å². The first-order valence-electron chi connectivity index (χ1n) is 12.6. The molecule has 7 nitrogen and oxygen atoms in total. The van der Waals surface area contributed by atoms with Crippen molar-refractivity contribution in [1.82, 2.24) is 9.55 Å². The number of esters is 1. The molecule has 40 heavy (non-hydrogen) atoms. The molecule has 0 spiro atoms. The zero-order chi connectivity index (χ0) is 28.6. The van der Waals surface area contributed by atoms with Gasteiger partial charge in [0.05, 0.1) is 18.3 Å². The van der Waals surface area contributed by atoms with Gasteiger partial charge in [-0.3, -0.25) is 14.2 Å². The molecule has 0 aliphatic carbocycles. The number of aryl methyl sites for hydroxylation is 3. The van der Waals surface area contributed by atoms with Crippen molar-refractivity contribution in [3.63, 3.8) is 0 Å². The molecule has 1 amide bonds. The van der Waals surface area contributed by atoms with Gasteiger partial charge in [0.25, 0.3) is 5.56 Å². The lowest BCUT2D eigenvalue weighted by Crippen LogP contribution is -2.28. The normalized spacial score (nSPS) is 11.1. The first-order chi connectivity index (χ1) is 19.2. The number of thiophene rings is 2. The summed E-state index contributed by atoms with van der Waals surface area (Å²) in [6.45, 7) is 7.70. The second kappa shape index (κ2) is 11.4. The number of anilines is 1. The van der Waals surface area contributed by atoms with Crippen molar-refractivity contribution in [3.05, 3.63) is 91.1 Å². The van der Waals surface area contributed by atoms with Gasteiger partial charge in [0.15, 0.2) is 0 Å². The number of carbonyl (C=O) groups excluding carboxylic acids is 2. The number of halogens is 1. The van der Waals surface area contributed by atoms with Gasteiger partial charge >= 0.3 is 5.97 Å². The van der Waals surface area contributed by atoms with Gasteiger partial charge < -0.3 is 10.1 Å². The van der Waals surface area contributed by atoms with E-state index in [0.29, 0.717) is 25.8 Å². The summed E-state index contributed by atoms with van der Waals surface area (Å²) in [5, 5.41) is 6.01. The van der Waals surface area contributed by atoms with E-state index in [2.05, 4.69) is 16.4 Å². The zero-order valence-corrected chi connectivity index (χ0v) is 24.7. The van der Waals surface area contributed by atoms with E-state index in [9.17, 15) is 14.4 Å². The molecular formula is C30H26ClN3O4S2. The maximum absolute atomic E-state index is 13.6. The van der Waals surface area contributed by atoms with Crippen LogP contribution < -0.4 is 10.9 Å². The first-order valence-corrected chi connectivity index (χ1v) is 14.7. The second-order valence-electron chi connectivity index (χ2n) is 9.32. The summed E-state index contributed by atoms with van der Waals surface area (Å²) in [5.41, 5.74) is 5.44. The van der Waals surface area contributed by atoms with Crippen molar-refractivity contribution in [1.29, 1.82) is 0 Å². The molecule has 5 aromatic rings. The van der Waals surface area contributed by atoms with Crippen LogP contribution in [0.15, 0.2) is 59.0 Å².